The summed E-state index contributed by atoms with van der Waals surface area (Å²) in [4.78, 5) is 12.1. The molecular formula is C14H20BrNO2. The summed E-state index contributed by atoms with van der Waals surface area (Å²) in [6.07, 6.45) is 1.94. The summed E-state index contributed by atoms with van der Waals surface area (Å²) in [5.41, 5.74) is 1.79. The Hall–Kier alpha value is -0.870. The highest BCUT2D eigenvalue weighted by Gasteiger charge is 2.13. The molecule has 0 aliphatic heterocycles. The van der Waals surface area contributed by atoms with Crippen LogP contribution < -0.4 is 5.32 Å². The van der Waals surface area contributed by atoms with Crippen molar-refractivity contribution in [3.8, 4) is 0 Å². The van der Waals surface area contributed by atoms with Crippen molar-refractivity contribution in [3.05, 3.63) is 33.8 Å². The van der Waals surface area contributed by atoms with Gasteiger partial charge in [0.05, 0.1) is 12.6 Å². The molecule has 1 amide bonds. The summed E-state index contributed by atoms with van der Waals surface area (Å²) in [6, 6.07) is 5.70. The zero-order chi connectivity index (χ0) is 13.5. The van der Waals surface area contributed by atoms with Crippen LogP contribution in [0.15, 0.2) is 22.7 Å². The van der Waals surface area contributed by atoms with Crippen LogP contribution in [0.1, 0.15) is 35.7 Å². The molecule has 1 unspecified atom stereocenters. The van der Waals surface area contributed by atoms with E-state index in [1.807, 2.05) is 25.1 Å². The van der Waals surface area contributed by atoms with Gasteiger partial charge in [0.25, 0.3) is 5.91 Å². The van der Waals surface area contributed by atoms with Crippen molar-refractivity contribution in [1.29, 1.82) is 0 Å². The third-order valence-electron chi connectivity index (χ3n) is 2.77. The summed E-state index contributed by atoms with van der Waals surface area (Å²) < 4.78 is 6.06. The normalized spacial score (nSPS) is 12.2. The van der Waals surface area contributed by atoms with E-state index in [0.717, 1.165) is 22.9 Å². The first-order valence-electron chi connectivity index (χ1n) is 6.14. The molecule has 1 N–H and O–H groups in total. The molecule has 1 rings (SSSR count). The van der Waals surface area contributed by atoms with Gasteiger partial charge in [0.15, 0.2) is 0 Å². The number of rotatable bonds is 6. The zero-order valence-corrected chi connectivity index (χ0v) is 12.7. The lowest BCUT2D eigenvalue weighted by Gasteiger charge is -2.17. The number of amides is 1. The largest absolute Gasteiger partial charge is 0.383 e. The van der Waals surface area contributed by atoms with Gasteiger partial charge in [0, 0.05) is 17.1 Å². The minimum Gasteiger partial charge on any atom is -0.383 e. The van der Waals surface area contributed by atoms with Gasteiger partial charge in [-0.05, 0) is 31.0 Å². The van der Waals surface area contributed by atoms with Gasteiger partial charge in [0.2, 0.25) is 0 Å². The molecule has 3 nitrogen and oxygen atoms in total. The van der Waals surface area contributed by atoms with E-state index in [2.05, 4.69) is 28.2 Å². The molecular weight excluding hydrogens is 294 g/mol. The van der Waals surface area contributed by atoms with Gasteiger partial charge < -0.3 is 10.1 Å². The number of ether oxygens (including phenoxy) is 1. The van der Waals surface area contributed by atoms with Crippen molar-refractivity contribution in [2.24, 2.45) is 0 Å². The molecule has 18 heavy (non-hydrogen) atoms. The van der Waals surface area contributed by atoms with Crippen LogP contribution >= 0.6 is 15.9 Å². The van der Waals surface area contributed by atoms with E-state index in [9.17, 15) is 4.79 Å². The molecule has 1 aromatic carbocycles. The Morgan fingerprint density at radius 1 is 1.50 bits per heavy atom. The standard InChI is InChI=1S/C14H20BrNO2/c1-4-5-12(9-18-3)16-14(17)11-7-6-10(2)13(15)8-11/h6-8,12H,4-5,9H2,1-3H3,(H,16,17). The van der Waals surface area contributed by atoms with E-state index in [1.165, 1.54) is 0 Å². The third-order valence-corrected chi connectivity index (χ3v) is 3.63. The van der Waals surface area contributed by atoms with E-state index in [1.54, 1.807) is 7.11 Å². The van der Waals surface area contributed by atoms with E-state index in [4.69, 9.17) is 4.74 Å². The number of carbonyl (C=O) groups excluding carboxylic acids is 1. The molecule has 0 saturated carbocycles. The Morgan fingerprint density at radius 2 is 2.22 bits per heavy atom. The zero-order valence-electron chi connectivity index (χ0n) is 11.1. The van der Waals surface area contributed by atoms with Crippen molar-refractivity contribution in [2.75, 3.05) is 13.7 Å². The van der Waals surface area contributed by atoms with Crippen LogP contribution in [0.4, 0.5) is 0 Å². The maximum atomic E-state index is 12.1. The first-order chi connectivity index (χ1) is 8.58. The molecule has 0 radical (unpaired) electrons. The number of hydrogen-bond acceptors (Lipinski definition) is 2. The number of nitrogens with one attached hydrogen (secondary N) is 1. The number of aryl methyl sites for hydroxylation is 1. The van der Waals surface area contributed by atoms with Crippen molar-refractivity contribution in [2.45, 2.75) is 32.7 Å². The molecule has 0 bridgehead atoms. The third kappa shape index (κ3) is 4.42. The van der Waals surface area contributed by atoms with Crippen LogP contribution in [0, 0.1) is 6.92 Å². The molecule has 0 aliphatic carbocycles. The Labute approximate surface area is 117 Å². The molecule has 1 atom stereocenters. The van der Waals surface area contributed by atoms with Crippen LogP contribution in [0.3, 0.4) is 0 Å². The first-order valence-corrected chi connectivity index (χ1v) is 6.93. The van der Waals surface area contributed by atoms with Crippen molar-refractivity contribution in [3.63, 3.8) is 0 Å². The average Bonchev–Trinajstić information content (AvgIpc) is 2.33. The van der Waals surface area contributed by atoms with Crippen molar-refractivity contribution >= 4 is 21.8 Å². The lowest BCUT2D eigenvalue weighted by atomic mass is 10.1. The number of benzene rings is 1. The average molecular weight is 314 g/mol. The summed E-state index contributed by atoms with van der Waals surface area (Å²) in [5.74, 6) is -0.0498. The lowest BCUT2D eigenvalue weighted by Crippen LogP contribution is -2.37. The molecule has 0 spiro atoms. The highest BCUT2D eigenvalue weighted by molar-refractivity contribution is 9.10. The molecule has 0 fully saturated rings. The molecule has 100 valence electrons. The Morgan fingerprint density at radius 3 is 2.78 bits per heavy atom. The highest BCUT2D eigenvalue weighted by atomic mass is 79.9. The molecule has 4 heteroatoms. The van der Waals surface area contributed by atoms with E-state index in [-0.39, 0.29) is 11.9 Å². The predicted molar refractivity (Wildman–Crippen MR) is 76.9 cm³/mol. The van der Waals surface area contributed by atoms with E-state index < -0.39 is 0 Å². The molecule has 1 aromatic rings. The molecule has 0 saturated heterocycles. The Kier molecular flexibility index (Phi) is 6.36. The van der Waals surface area contributed by atoms with Gasteiger partial charge in [-0.25, -0.2) is 0 Å². The van der Waals surface area contributed by atoms with Gasteiger partial charge in [-0.1, -0.05) is 35.3 Å². The minimum atomic E-state index is -0.0498. The monoisotopic (exact) mass is 313 g/mol. The Balaban J connectivity index is 2.70. The van der Waals surface area contributed by atoms with Crippen LogP contribution in [0.2, 0.25) is 0 Å². The summed E-state index contributed by atoms with van der Waals surface area (Å²) in [7, 11) is 1.65. The second-order valence-electron chi connectivity index (χ2n) is 4.38. The van der Waals surface area contributed by atoms with Crippen LogP contribution in [0.25, 0.3) is 0 Å². The Bertz CT molecular complexity index is 401. The second kappa shape index (κ2) is 7.54. The van der Waals surface area contributed by atoms with Crippen LogP contribution in [-0.4, -0.2) is 25.7 Å². The van der Waals surface area contributed by atoms with Gasteiger partial charge in [0.1, 0.15) is 0 Å². The van der Waals surface area contributed by atoms with E-state index >= 15 is 0 Å². The van der Waals surface area contributed by atoms with E-state index in [0.29, 0.717) is 12.2 Å². The molecule has 0 heterocycles. The first kappa shape index (κ1) is 15.2. The molecule has 0 aliphatic rings. The van der Waals surface area contributed by atoms with Crippen LogP contribution in [0.5, 0.6) is 0 Å². The number of hydrogen-bond donors (Lipinski definition) is 1. The fourth-order valence-electron chi connectivity index (χ4n) is 1.75. The topological polar surface area (TPSA) is 38.3 Å². The van der Waals surface area contributed by atoms with Crippen molar-refractivity contribution in [1.82, 2.24) is 5.32 Å². The molecule has 0 aromatic heterocycles. The van der Waals surface area contributed by atoms with Gasteiger partial charge in [-0.2, -0.15) is 0 Å². The predicted octanol–water partition coefficient (Wildman–Crippen LogP) is 3.30. The van der Waals surface area contributed by atoms with Crippen LogP contribution in [-0.2, 0) is 4.74 Å². The highest BCUT2D eigenvalue weighted by Crippen LogP contribution is 2.17. The number of methoxy groups -OCH3 is 1. The quantitative estimate of drug-likeness (QED) is 0.875. The minimum absolute atomic E-state index is 0.0498. The SMILES string of the molecule is CCCC(COC)NC(=O)c1ccc(C)c(Br)c1. The van der Waals surface area contributed by atoms with Gasteiger partial charge in [-0.3, -0.25) is 4.79 Å². The maximum absolute atomic E-state index is 12.1. The summed E-state index contributed by atoms with van der Waals surface area (Å²) in [5, 5.41) is 3.00. The summed E-state index contributed by atoms with van der Waals surface area (Å²) in [6.45, 7) is 4.64. The van der Waals surface area contributed by atoms with Gasteiger partial charge >= 0.3 is 0 Å². The lowest BCUT2D eigenvalue weighted by molar-refractivity contribution is 0.0891. The number of halogens is 1. The van der Waals surface area contributed by atoms with Crippen molar-refractivity contribution < 1.29 is 9.53 Å². The number of carbonyl (C=O) groups is 1. The van der Waals surface area contributed by atoms with Gasteiger partial charge in [-0.15, -0.1) is 0 Å². The fraction of sp³-hybridized carbons (Fsp3) is 0.500. The fourth-order valence-corrected chi connectivity index (χ4v) is 2.13. The maximum Gasteiger partial charge on any atom is 0.251 e. The smallest absolute Gasteiger partial charge is 0.251 e. The second-order valence-corrected chi connectivity index (χ2v) is 5.23. The summed E-state index contributed by atoms with van der Waals surface area (Å²) >= 11 is 3.44.